The summed E-state index contributed by atoms with van der Waals surface area (Å²) in [4.78, 5) is 0. The molecule has 0 N–H and O–H groups in total. The molecule has 0 unspecified atom stereocenters. The van der Waals surface area contributed by atoms with Crippen LogP contribution in [-0.2, 0) is 18.3 Å². The minimum absolute atomic E-state index is 0.0315. The van der Waals surface area contributed by atoms with Gasteiger partial charge in [0.15, 0.2) is 0 Å². The van der Waals surface area contributed by atoms with Gasteiger partial charge >= 0.3 is 0 Å². The third kappa shape index (κ3) is 18.9. The van der Waals surface area contributed by atoms with E-state index in [2.05, 4.69) is 490 Å². The standard InChI is InChI=1S/C58H50S.C46H48S.C41H28/c59-35-16-6-4-2-1-3-5-9-18-40-27-32-53-54(36-40)58(52-34-31-45-29-28-43-23-17-24-44-30-33-51(52)57(45)55(43)44)50-26-15-14-25-49(50)56(53)48-38-46(41-19-10-7-11-20-41)37-47(39-48)42-21-12-8-13-22-42;1-32-25-26-33(18-10-8-6-4-5-7-9-17-29-47)41(30-32)45-39-22-13-11-20-37(39)44(38-21-12-14-23-40(38)45)34-27-28-36-35-19-15-16-24-42(35)46(2,3)43(36)31-34;1-27-21-26-39(34-15-5-4-13-31(27)34)41-37-18-8-6-16-35(37)40(36-17-7-9-19-38(36)41)30-24-22-29(23-25-30)33-20-10-12-28-11-2-3-14-32(28)33/h7-8,10-15,17,19-34,36-39,59H,1-6,9,16,18,35H2;11-16,19-28,30-31,47H,4-10,17-18,29H2,1-3H3;2-26H,1H3. The Morgan fingerprint density at radius 1 is 0.184 bits per heavy atom. The van der Waals surface area contributed by atoms with Crippen molar-refractivity contribution in [2.75, 3.05) is 11.5 Å². The minimum atomic E-state index is -0.0315. The highest BCUT2D eigenvalue weighted by Gasteiger charge is 2.36. The Bertz CT molecular complexity index is 8790. The second-order valence-electron chi connectivity index (χ2n) is 41.6. The largest absolute Gasteiger partial charge is 0.179 e. The molecule has 0 radical (unpaired) electrons. The fourth-order valence-electron chi connectivity index (χ4n) is 24.7. The van der Waals surface area contributed by atoms with Crippen molar-refractivity contribution in [3.05, 3.63) is 470 Å². The Morgan fingerprint density at radius 3 is 1.14 bits per heavy atom. The summed E-state index contributed by atoms with van der Waals surface area (Å²) in [7, 11) is 0. The lowest BCUT2D eigenvalue weighted by molar-refractivity contribution is 0.577. The topological polar surface area (TPSA) is 0 Å². The quantitative estimate of drug-likeness (QED) is 0.0199. The SMILES string of the molecule is Cc1ccc(-c2c3ccccc3c(-c3ccc(-c4cccc5ccccc45)cc3)c3ccccc23)c2ccccc12.Cc1ccc(CCCCCCCCCCS)c(-c2c3ccccc3c(-c3ccc4c(c3)C(C)(C)c3ccccc3-4)c3ccccc23)c1.SCCCCCCCCCCc1ccc2c(-c3cc(-c4ccccc4)cc(-c4ccccc4)c3)c3ccccc3c(-c3ccc4ccc5cccc6ccc3c4c56)c2c1. The molecule has 0 saturated heterocycles. The summed E-state index contributed by atoms with van der Waals surface area (Å²) in [5.41, 5.74) is 34.3. The van der Waals surface area contributed by atoms with Crippen LogP contribution in [-0.4, -0.2) is 11.5 Å². The van der Waals surface area contributed by atoms with Crippen LogP contribution >= 0.6 is 25.3 Å². The maximum absolute atomic E-state index is 4.39. The highest BCUT2D eigenvalue weighted by molar-refractivity contribution is 7.80. The molecule has 0 fully saturated rings. The van der Waals surface area contributed by atoms with Crippen molar-refractivity contribution in [1.82, 2.24) is 0 Å². The number of unbranched alkanes of at least 4 members (excludes halogenated alkanes) is 14. The van der Waals surface area contributed by atoms with Gasteiger partial charge in [0, 0.05) is 5.41 Å². The van der Waals surface area contributed by atoms with Gasteiger partial charge in [0.2, 0.25) is 0 Å². The molecule has 0 aromatic heterocycles. The second-order valence-corrected chi connectivity index (χ2v) is 42.5. The van der Waals surface area contributed by atoms with Gasteiger partial charge in [0.1, 0.15) is 0 Å². The first-order valence-corrected chi connectivity index (χ1v) is 55.2. The van der Waals surface area contributed by atoms with Crippen LogP contribution in [0.1, 0.15) is 150 Å². The van der Waals surface area contributed by atoms with E-state index < -0.39 is 0 Å². The van der Waals surface area contributed by atoms with Crippen molar-refractivity contribution in [1.29, 1.82) is 0 Å². The first-order chi connectivity index (χ1) is 72.5. The van der Waals surface area contributed by atoms with Crippen LogP contribution in [0.5, 0.6) is 0 Å². The van der Waals surface area contributed by atoms with Gasteiger partial charge in [-0.15, -0.1) is 0 Å². The van der Waals surface area contributed by atoms with E-state index >= 15 is 0 Å². The molecule has 0 heterocycles. The molecule has 0 spiro atoms. The molecule has 718 valence electrons. The van der Waals surface area contributed by atoms with E-state index in [9.17, 15) is 0 Å². The van der Waals surface area contributed by atoms with E-state index in [-0.39, 0.29) is 5.41 Å². The third-order valence-corrected chi connectivity index (χ3v) is 32.6. The van der Waals surface area contributed by atoms with Crippen molar-refractivity contribution in [3.8, 4) is 111 Å². The lowest BCUT2D eigenvalue weighted by atomic mass is 9.80. The lowest BCUT2D eigenvalue weighted by Gasteiger charge is -2.23. The van der Waals surface area contributed by atoms with Crippen LogP contribution in [0, 0.1) is 13.8 Å². The van der Waals surface area contributed by atoms with E-state index in [1.54, 1.807) is 0 Å². The molecule has 0 aliphatic heterocycles. The number of fused-ring (bicyclic) bond motifs is 11. The summed E-state index contributed by atoms with van der Waals surface area (Å²) in [6, 6.07) is 163. The first kappa shape index (κ1) is 95.6. The Morgan fingerprint density at radius 2 is 0.558 bits per heavy atom. The average Bonchev–Trinajstić information content (AvgIpc) is 1.54. The monoisotopic (exact) mass is 1930 g/mol. The predicted molar refractivity (Wildman–Crippen MR) is 648 cm³/mol. The fraction of sp³-hybridized carbons (Fsp3) is 0.172. The summed E-state index contributed by atoms with van der Waals surface area (Å²) >= 11 is 8.74. The molecule has 0 atom stereocenters. The van der Waals surface area contributed by atoms with E-state index in [0.29, 0.717) is 0 Å². The predicted octanol–water partition coefficient (Wildman–Crippen LogP) is 42.3. The Labute approximate surface area is 878 Å². The van der Waals surface area contributed by atoms with Crippen molar-refractivity contribution in [2.24, 2.45) is 0 Å². The molecule has 0 nitrogen and oxygen atoms in total. The Hall–Kier alpha value is -14.9. The number of benzene rings is 24. The van der Waals surface area contributed by atoms with Gasteiger partial charge < -0.3 is 0 Å². The molecule has 0 bridgehead atoms. The van der Waals surface area contributed by atoms with Crippen molar-refractivity contribution < 1.29 is 0 Å². The minimum Gasteiger partial charge on any atom is -0.179 e. The van der Waals surface area contributed by atoms with Gasteiger partial charge in [0.05, 0.1) is 0 Å². The molecule has 0 saturated carbocycles. The van der Waals surface area contributed by atoms with E-state index in [1.807, 2.05) is 0 Å². The van der Waals surface area contributed by atoms with Gasteiger partial charge in [-0.3, -0.25) is 0 Å². The van der Waals surface area contributed by atoms with Gasteiger partial charge in [-0.1, -0.05) is 509 Å². The molecule has 1 aliphatic carbocycles. The van der Waals surface area contributed by atoms with Crippen LogP contribution in [0.3, 0.4) is 0 Å². The molecular formula is C145H126S2. The maximum atomic E-state index is 4.39. The number of thiol groups is 2. The fourth-order valence-corrected chi connectivity index (χ4v) is 25.2. The van der Waals surface area contributed by atoms with E-state index in [4.69, 9.17) is 0 Å². The zero-order valence-corrected chi connectivity index (χ0v) is 86.9. The second kappa shape index (κ2) is 43.0. The summed E-state index contributed by atoms with van der Waals surface area (Å²) in [5, 5.41) is 28.8. The van der Waals surface area contributed by atoms with Crippen LogP contribution in [0.25, 0.3) is 230 Å². The van der Waals surface area contributed by atoms with Gasteiger partial charge in [-0.2, -0.15) is 25.3 Å². The van der Waals surface area contributed by atoms with E-state index in [0.717, 1.165) is 24.3 Å². The molecule has 25 rings (SSSR count). The smallest absolute Gasteiger partial charge is 0.0159 e. The summed E-state index contributed by atoms with van der Waals surface area (Å²) in [6.45, 7) is 9.20. The molecule has 24 aromatic rings. The zero-order valence-electron chi connectivity index (χ0n) is 85.1. The van der Waals surface area contributed by atoms with Crippen molar-refractivity contribution in [3.63, 3.8) is 0 Å². The van der Waals surface area contributed by atoms with Gasteiger partial charge in [0.25, 0.3) is 0 Å². The number of aryl methyl sites for hydroxylation is 4. The average molecular weight is 1930 g/mol. The number of hydrogen-bond donors (Lipinski definition) is 2. The highest BCUT2D eigenvalue weighted by Crippen LogP contribution is 2.55. The number of rotatable bonds is 29. The Balaban J connectivity index is 0.000000124. The molecule has 0 amide bonds. The highest BCUT2D eigenvalue weighted by atomic mass is 32.1. The molecule has 147 heavy (non-hydrogen) atoms. The first-order valence-electron chi connectivity index (χ1n) is 53.9. The third-order valence-electron chi connectivity index (χ3n) is 32.0. The zero-order chi connectivity index (χ0) is 99.3. The molecule has 2 heteroatoms. The van der Waals surface area contributed by atoms with Crippen molar-refractivity contribution >= 4 is 144 Å². The Kier molecular flexibility index (Phi) is 28.0. The number of hydrogen-bond acceptors (Lipinski definition) is 2. The van der Waals surface area contributed by atoms with Crippen LogP contribution in [0.2, 0.25) is 0 Å². The lowest BCUT2D eigenvalue weighted by Crippen LogP contribution is -2.14. The summed E-state index contributed by atoms with van der Waals surface area (Å²) in [5.74, 6) is 2.03. The van der Waals surface area contributed by atoms with Crippen LogP contribution in [0.4, 0.5) is 0 Å². The normalized spacial score (nSPS) is 12.2. The van der Waals surface area contributed by atoms with Gasteiger partial charge in [-0.25, -0.2) is 0 Å². The maximum Gasteiger partial charge on any atom is 0.0159 e. The van der Waals surface area contributed by atoms with Crippen molar-refractivity contribution in [2.45, 2.75) is 149 Å². The summed E-state index contributed by atoms with van der Waals surface area (Å²) < 4.78 is 0. The molecular weight excluding hydrogens is 1810 g/mol. The van der Waals surface area contributed by atoms with Crippen LogP contribution < -0.4 is 0 Å². The van der Waals surface area contributed by atoms with Crippen LogP contribution in [0.15, 0.2) is 437 Å². The summed E-state index contributed by atoms with van der Waals surface area (Å²) in [6.07, 6.45) is 23.2. The van der Waals surface area contributed by atoms with E-state index in [1.165, 1.54) is 366 Å². The van der Waals surface area contributed by atoms with Gasteiger partial charge in [-0.05, 0) is 346 Å². The molecule has 24 aromatic carbocycles. The molecule has 1 aliphatic rings.